The minimum Gasteiger partial charge on any atom is -0.324 e. The monoisotopic (exact) mass is 412 g/mol. The Kier molecular flexibility index (Phi) is 6.02. The van der Waals surface area contributed by atoms with Gasteiger partial charge in [0.2, 0.25) is 5.91 Å². The Morgan fingerprint density at radius 1 is 1.32 bits per heavy atom. The van der Waals surface area contributed by atoms with Crippen LogP contribution in [0.25, 0.3) is 10.9 Å². The number of aromatic nitrogens is 2. The standard InChI is InChI=1S/C20H17ClN4O2S/c1-12(2)25-19(27)15-8-7-14(21)9-17(15)24-20(25)28-11-18(26)23-16-6-4-3-5-13(16)10-22/h3-9,12H,11H2,1-2H3,(H,23,26). The van der Waals surface area contributed by atoms with Gasteiger partial charge < -0.3 is 5.32 Å². The third-order valence-corrected chi connectivity index (χ3v) is 5.19. The molecule has 3 aromatic rings. The van der Waals surface area contributed by atoms with Gasteiger partial charge in [0.15, 0.2) is 5.16 Å². The fraction of sp³-hybridized carbons (Fsp3) is 0.200. The van der Waals surface area contributed by atoms with E-state index in [2.05, 4.69) is 10.3 Å². The molecule has 0 atom stereocenters. The van der Waals surface area contributed by atoms with Gasteiger partial charge in [0.1, 0.15) is 6.07 Å². The molecule has 0 aliphatic rings. The van der Waals surface area contributed by atoms with Gasteiger partial charge in [0.05, 0.1) is 27.9 Å². The summed E-state index contributed by atoms with van der Waals surface area (Å²) in [4.78, 5) is 29.8. The number of carbonyl (C=O) groups excluding carboxylic acids is 1. The maximum Gasteiger partial charge on any atom is 0.262 e. The molecule has 0 aliphatic heterocycles. The van der Waals surface area contributed by atoms with Gasteiger partial charge >= 0.3 is 0 Å². The Morgan fingerprint density at radius 3 is 2.79 bits per heavy atom. The second-order valence-corrected chi connectivity index (χ2v) is 7.70. The van der Waals surface area contributed by atoms with E-state index in [0.717, 1.165) is 11.8 Å². The number of rotatable bonds is 5. The van der Waals surface area contributed by atoms with E-state index in [1.807, 2.05) is 19.9 Å². The Bertz CT molecular complexity index is 1150. The van der Waals surface area contributed by atoms with Crippen LogP contribution in [0.1, 0.15) is 25.5 Å². The lowest BCUT2D eigenvalue weighted by molar-refractivity contribution is -0.113. The number of anilines is 1. The molecule has 3 rings (SSSR count). The van der Waals surface area contributed by atoms with Gasteiger partial charge in [-0.25, -0.2) is 4.98 Å². The van der Waals surface area contributed by atoms with E-state index >= 15 is 0 Å². The third-order valence-electron chi connectivity index (χ3n) is 4.00. The lowest BCUT2D eigenvalue weighted by atomic mass is 10.2. The van der Waals surface area contributed by atoms with E-state index in [-0.39, 0.29) is 23.3 Å². The highest BCUT2D eigenvalue weighted by Gasteiger charge is 2.16. The highest BCUT2D eigenvalue weighted by molar-refractivity contribution is 7.99. The van der Waals surface area contributed by atoms with Gasteiger partial charge in [-0.05, 0) is 44.2 Å². The average molecular weight is 413 g/mol. The average Bonchev–Trinajstić information content (AvgIpc) is 2.66. The summed E-state index contributed by atoms with van der Waals surface area (Å²) in [5.74, 6) is -0.242. The van der Waals surface area contributed by atoms with E-state index in [0.29, 0.717) is 32.3 Å². The highest BCUT2D eigenvalue weighted by atomic mass is 35.5. The minimum absolute atomic E-state index is 0.0466. The zero-order valence-corrected chi connectivity index (χ0v) is 16.8. The molecule has 0 unspecified atom stereocenters. The SMILES string of the molecule is CC(C)n1c(SCC(=O)Nc2ccccc2C#N)nc2cc(Cl)ccc2c1=O. The molecule has 0 saturated heterocycles. The molecule has 0 bridgehead atoms. The first kappa shape index (κ1) is 19.9. The van der Waals surface area contributed by atoms with Gasteiger partial charge in [-0.2, -0.15) is 5.26 Å². The highest BCUT2D eigenvalue weighted by Crippen LogP contribution is 2.23. The number of nitrogens with one attached hydrogen (secondary N) is 1. The molecule has 8 heteroatoms. The molecule has 2 aromatic carbocycles. The van der Waals surface area contributed by atoms with E-state index in [1.54, 1.807) is 47.0 Å². The maximum absolute atomic E-state index is 12.9. The number of hydrogen-bond acceptors (Lipinski definition) is 5. The number of hydrogen-bond donors (Lipinski definition) is 1. The zero-order valence-electron chi connectivity index (χ0n) is 15.3. The number of benzene rings is 2. The number of carbonyl (C=O) groups is 1. The summed E-state index contributed by atoms with van der Waals surface area (Å²) in [5, 5.41) is 13.3. The summed E-state index contributed by atoms with van der Waals surface area (Å²) in [7, 11) is 0. The lowest BCUT2D eigenvalue weighted by Gasteiger charge is -2.16. The Balaban J connectivity index is 1.87. The number of para-hydroxylation sites is 1. The molecule has 1 N–H and O–H groups in total. The smallest absolute Gasteiger partial charge is 0.262 e. The minimum atomic E-state index is -0.288. The molecule has 0 aliphatic carbocycles. The second-order valence-electron chi connectivity index (χ2n) is 6.32. The third kappa shape index (κ3) is 4.19. The van der Waals surface area contributed by atoms with Crippen LogP contribution in [0.2, 0.25) is 5.02 Å². The van der Waals surface area contributed by atoms with Crippen molar-refractivity contribution in [2.24, 2.45) is 0 Å². The van der Waals surface area contributed by atoms with Crippen LogP contribution < -0.4 is 10.9 Å². The fourth-order valence-electron chi connectivity index (χ4n) is 2.71. The molecule has 0 spiro atoms. The summed E-state index contributed by atoms with van der Waals surface area (Å²) >= 11 is 7.19. The van der Waals surface area contributed by atoms with Crippen LogP contribution in [-0.2, 0) is 4.79 Å². The Morgan fingerprint density at radius 2 is 2.07 bits per heavy atom. The first-order chi connectivity index (χ1) is 13.4. The number of thioether (sulfide) groups is 1. The Hall–Kier alpha value is -2.82. The number of halogens is 1. The van der Waals surface area contributed by atoms with Crippen molar-refractivity contribution >= 4 is 45.9 Å². The van der Waals surface area contributed by atoms with Gasteiger partial charge in [0, 0.05) is 11.1 Å². The van der Waals surface area contributed by atoms with E-state index in [1.165, 1.54) is 0 Å². The molecule has 28 heavy (non-hydrogen) atoms. The predicted octanol–water partition coefficient (Wildman–Crippen LogP) is 4.23. The second kappa shape index (κ2) is 8.46. The van der Waals surface area contributed by atoms with Crippen LogP contribution in [-0.4, -0.2) is 21.2 Å². The van der Waals surface area contributed by atoms with E-state index in [4.69, 9.17) is 16.9 Å². The van der Waals surface area contributed by atoms with Crippen molar-refractivity contribution in [2.45, 2.75) is 25.0 Å². The topological polar surface area (TPSA) is 87.8 Å². The van der Waals surface area contributed by atoms with Crippen molar-refractivity contribution in [3.63, 3.8) is 0 Å². The van der Waals surface area contributed by atoms with Crippen molar-refractivity contribution < 1.29 is 4.79 Å². The summed E-state index contributed by atoms with van der Waals surface area (Å²) in [6, 6.07) is 13.6. The fourth-order valence-corrected chi connectivity index (χ4v) is 3.81. The Labute approximate surface area is 171 Å². The van der Waals surface area contributed by atoms with E-state index in [9.17, 15) is 9.59 Å². The van der Waals surface area contributed by atoms with Gasteiger partial charge in [-0.15, -0.1) is 0 Å². The number of nitrogens with zero attached hydrogens (tertiary/aromatic N) is 3. The number of amides is 1. The van der Waals surface area contributed by atoms with Crippen LogP contribution in [0.15, 0.2) is 52.4 Å². The molecule has 1 heterocycles. The number of nitriles is 1. The quantitative estimate of drug-likeness (QED) is 0.500. The van der Waals surface area contributed by atoms with E-state index < -0.39 is 0 Å². The maximum atomic E-state index is 12.9. The molecule has 1 aromatic heterocycles. The van der Waals surface area contributed by atoms with Crippen molar-refractivity contribution in [1.29, 1.82) is 5.26 Å². The van der Waals surface area contributed by atoms with Crippen molar-refractivity contribution in [2.75, 3.05) is 11.1 Å². The molecular weight excluding hydrogens is 396 g/mol. The summed E-state index contributed by atoms with van der Waals surface area (Å²) in [5.41, 5.74) is 1.16. The van der Waals surface area contributed by atoms with Gasteiger partial charge in [-0.3, -0.25) is 14.2 Å². The summed E-state index contributed by atoms with van der Waals surface area (Å²) in [6.07, 6.45) is 0. The molecule has 0 fully saturated rings. The predicted molar refractivity (Wildman–Crippen MR) is 112 cm³/mol. The summed E-state index contributed by atoms with van der Waals surface area (Å²) < 4.78 is 1.57. The molecular formula is C20H17ClN4O2S. The van der Waals surface area contributed by atoms with Crippen molar-refractivity contribution in [1.82, 2.24) is 9.55 Å². The van der Waals surface area contributed by atoms with Crippen molar-refractivity contribution in [3.8, 4) is 6.07 Å². The largest absolute Gasteiger partial charge is 0.324 e. The van der Waals surface area contributed by atoms with Crippen LogP contribution in [0, 0.1) is 11.3 Å². The van der Waals surface area contributed by atoms with Crippen LogP contribution in [0.4, 0.5) is 5.69 Å². The molecule has 1 amide bonds. The lowest BCUT2D eigenvalue weighted by Crippen LogP contribution is -2.25. The molecule has 142 valence electrons. The van der Waals surface area contributed by atoms with Gasteiger partial charge in [-0.1, -0.05) is 35.5 Å². The summed E-state index contributed by atoms with van der Waals surface area (Å²) in [6.45, 7) is 3.77. The molecule has 0 saturated carbocycles. The van der Waals surface area contributed by atoms with Gasteiger partial charge in [0.25, 0.3) is 5.56 Å². The molecule has 0 radical (unpaired) electrons. The zero-order chi connectivity index (χ0) is 20.3. The first-order valence-corrected chi connectivity index (χ1v) is 9.90. The number of fused-ring (bicyclic) bond motifs is 1. The van der Waals surface area contributed by atoms with Crippen molar-refractivity contribution in [3.05, 3.63) is 63.4 Å². The normalized spacial score (nSPS) is 10.8. The van der Waals surface area contributed by atoms with Crippen LogP contribution >= 0.6 is 23.4 Å². The van der Waals surface area contributed by atoms with Crippen LogP contribution in [0.3, 0.4) is 0 Å². The first-order valence-electron chi connectivity index (χ1n) is 8.54. The van der Waals surface area contributed by atoms with Crippen LogP contribution in [0.5, 0.6) is 0 Å². The molecule has 6 nitrogen and oxygen atoms in total.